The fourth-order valence-corrected chi connectivity index (χ4v) is 4.74. The molecule has 2 amide bonds. The van der Waals surface area contributed by atoms with Crippen molar-refractivity contribution in [1.29, 1.82) is 0 Å². The SMILES string of the molecule is Cc1cc(NC(=O)C2CCCc3sc(NC(=O)c4ccccc4)nc32)ccc1Br. The van der Waals surface area contributed by atoms with Crippen molar-refractivity contribution in [2.24, 2.45) is 0 Å². The number of carbonyl (C=O) groups is 2. The molecule has 1 aromatic heterocycles. The van der Waals surface area contributed by atoms with Crippen molar-refractivity contribution in [3.05, 3.63) is 74.7 Å². The van der Waals surface area contributed by atoms with Crippen LogP contribution in [-0.4, -0.2) is 16.8 Å². The number of hydrogen-bond acceptors (Lipinski definition) is 4. The van der Waals surface area contributed by atoms with E-state index in [1.807, 2.05) is 43.3 Å². The predicted octanol–water partition coefficient (Wildman–Crippen LogP) is 5.52. The first-order valence-electron chi connectivity index (χ1n) is 9.44. The Kier molecular flexibility index (Phi) is 5.78. The van der Waals surface area contributed by atoms with Crippen molar-refractivity contribution < 1.29 is 9.59 Å². The topological polar surface area (TPSA) is 71.1 Å². The Morgan fingerprint density at radius 3 is 2.69 bits per heavy atom. The second kappa shape index (κ2) is 8.47. The van der Waals surface area contributed by atoms with Crippen molar-refractivity contribution in [3.8, 4) is 0 Å². The number of aryl methyl sites for hydroxylation is 2. The van der Waals surface area contributed by atoms with E-state index in [2.05, 4.69) is 31.5 Å². The summed E-state index contributed by atoms with van der Waals surface area (Å²) in [5.41, 5.74) is 3.21. The van der Waals surface area contributed by atoms with Gasteiger partial charge < -0.3 is 5.32 Å². The Hall–Kier alpha value is -2.51. The zero-order valence-corrected chi connectivity index (χ0v) is 18.3. The van der Waals surface area contributed by atoms with Crippen molar-refractivity contribution in [1.82, 2.24) is 4.98 Å². The fourth-order valence-electron chi connectivity index (χ4n) is 3.44. The third-order valence-electron chi connectivity index (χ3n) is 4.95. The third-order valence-corrected chi connectivity index (χ3v) is 6.89. The standard InChI is InChI=1S/C22H20BrN3O2S/c1-13-12-15(10-11-17(13)23)24-21(28)16-8-5-9-18-19(16)25-22(29-18)26-20(27)14-6-3-2-4-7-14/h2-4,6-7,10-12,16H,5,8-9H2,1H3,(H,24,28)(H,25,26,27). The molecule has 0 saturated carbocycles. The molecule has 148 valence electrons. The number of amides is 2. The lowest BCUT2D eigenvalue weighted by Crippen LogP contribution is -2.24. The summed E-state index contributed by atoms with van der Waals surface area (Å²) in [5.74, 6) is -0.553. The highest BCUT2D eigenvalue weighted by Crippen LogP contribution is 2.37. The molecule has 2 N–H and O–H groups in total. The number of nitrogens with one attached hydrogen (secondary N) is 2. The normalized spacial score (nSPS) is 15.4. The molecule has 2 aromatic carbocycles. The Labute approximate surface area is 181 Å². The summed E-state index contributed by atoms with van der Waals surface area (Å²) >= 11 is 4.94. The number of thiazole rings is 1. The van der Waals surface area contributed by atoms with Crippen LogP contribution < -0.4 is 10.6 Å². The molecule has 1 aliphatic carbocycles. The fraction of sp³-hybridized carbons (Fsp3) is 0.227. The molecule has 0 fully saturated rings. The lowest BCUT2D eigenvalue weighted by molar-refractivity contribution is -0.117. The minimum atomic E-state index is -0.304. The van der Waals surface area contributed by atoms with Crippen molar-refractivity contribution in [2.45, 2.75) is 32.1 Å². The number of aromatic nitrogens is 1. The molecule has 5 nitrogen and oxygen atoms in total. The minimum Gasteiger partial charge on any atom is -0.326 e. The van der Waals surface area contributed by atoms with Gasteiger partial charge >= 0.3 is 0 Å². The van der Waals surface area contributed by atoms with Crippen LogP contribution in [0.5, 0.6) is 0 Å². The smallest absolute Gasteiger partial charge is 0.257 e. The van der Waals surface area contributed by atoms with E-state index in [1.54, 1.807) is 12.1 Å². The summed E-state index contributed by atoms with van der Waals surface area (Å²) in [6.45, 7) is 1.99. The van der Waals surface area contributed by atoms with E-state index in [9.17, 15) is 9.59 Å². The Morgan fingerprint density at radius 2 is 1.93 bits per heavy atom. The van der Waals surface area contributed by atoms with Crippen LogP contribution in [-0.2, 0) is 11.2 Å². The van der Waals surface area contributed by atoms with Crippen LogP contribution in [0.25, 0.3) is 0 Å². The van der Waals surface area contributed by atoms with E-state index in [4.69, 9.17) is 0 Å². The molecule has 0 radical (unpaired) electrons. The number of anilines is 2. The van der Waals surface area contributed by atoms with Gasteiger partial charge in [0.05, 0.1) is 11.6 Å². The number of hydrogen-bond donors (Lipinski definition) is 2. The molecule has 4 rings (SSSR count). The van der Waals surface area contributed by atoms with E-state index in [0.717, 1.165) is 45.6 Å². The number of fused-ring (bicyclic) bond motifs is 1. The number of rotatable bonds is 4. The number of carbonyl (C=O) groups excluding carboxylic acids is 2. The maximum absolute atomic E-state index is 12.9. The van der Waals surface area contributed by atoms with Gasteiger partial charge in [-0.2, -0.15) is 0 Å². The average Bonchev–Trinajstić information content (AvgIpc) is 3.13. The lowest BCUT2D eigenvalue weighted by atomic mass is 9.90. The molecule has 0 saturated heterocycles. The highest BCUT2D eigenvalue weighted by molar-refractivity contribution is 9.10. The maximum atomic E-state index is 12.9. The molecular formula is C22H20BrN3O2S. The zero-order valence-electron chi connectivity index (χ0n) is 15.9. The first kappa shape index (κ1) is 19.8. The number of halogens is 1. The van der Waals surface area contributed by atoms with E-state index in [-0.39, 0.29) is 17.7 Å². The molecule has 1 atom stereocenters. The summed E-state index contributed by atoms with van der Waals surface area (Å²) in [5, 5.41) is 6.43. The Balaban J connectivity index is 1.51. The van der Waals surface area contributed by atoms with Crippen LogP contribution in [0.15, 0.2) is 53.0 Å². The first-order chi connectivity index (χ1) is 14.0. The van der Waals surface area contributed by atoms with Crippen LogP contribution >= 0.6 is 27.3 Å². The van der Waals surface area contributed by atoms with E-state index in [1.165, 1.54) is 11.3 Å². The van der Waals surface area contributed by atoms with E-state index >= 15 is 0 Å². The van der Waals surface area contributed by atoms with Gasteiger partial charge in [-0.1, -0.05) is 34.1 Å². The zero-order chi connectivity index (χ0) is 20.4. The van der Waals surface area contributed by atoms with Crippen LogP contribution in [0.4, 0.5) is 10.8 Å². The van der Waals surface area contributed by atoms with Gasteiger partial charge in [0, 0.05) is 20.6 Å². The molecule has 3 aromatic rings. The van der Waals surface area contributed by atoms with Crippen LogP contribution in [0.1, 0.15) is 45.3 Å². The second-order valence-corrected chi connectivity index (χ2v) is 8.98. The summed E-state index contributed by atoms with van der Waals surface area (Å²) in [6.07, 6.45) is 2.57. The molecule has 1 unspecified atom stereocenters. The Bertz CT molecular complexity index is 1070. The summed E-state index contributed by atoms with van der Waals surface area (Å²) in [7, 11) is 0. The van der Waals surface area contributed by atoms with Crippen molar-refractivity contribution in [2.75, 3.05) is 10.6 Å². The largest absolute Gasteiger partial charge is 0.326 e. The molecule has 0 spiro atoms. The van der Waals surface area contributed by atoms with E-state index in [0.29, 0.717) is 10.7 Å². The molecule has 1 heterocycles. The quantitative estimate of drug-likeness (QED) is 0.527. The summed E-state index contributed by atoms with van der Waals surface area (Å²) in [6, 6.07) is 14.8. The molecule has 0 aliphatic heterocycles. The van der Waals surface area contributed by atoms with Gasteiger partial charge in [-0.15, -0.1) is 11.3 Å². The highest BCUT2D eigenvalue weighted by Gasteiger charge is 2.30. The summed E-state index contributed by atoms with van der Waals surface area (Å²) in [4.78, 5) is 31.0. The third kappa shape index (κ3) is 4.41. The van der Waals surface area contributed by atoms with Gasteiger partial charge in [0.2, 0.25) is 5.91 Å². The summed E-state index contributed by atoms with van der Waals surface area (Å²) < 4.78 is 1.01. The van der Waals surface area contributed by atoms with Crippen molar-refractivity contribution >= 4 is 49.9 Å². The van der Waals surface area contributed by atoms with Gasteiger partial charge in [-0.05, 0) is 62.1 Å². The predicted molar refractivity (Wildman–Crippen MR) is 120 cm³/mol. The van der Waals surface area contributed by atoms with E-state index < -0.39 is 0 Å². The molecule has 0 bridgehead atoms. The van der Waals surface area contributed by atoms with Crippen molar-refractivity contribution in [3.63, 3.8) is 0 Å². The number of nitrogens with zero attached hydrogens (tertiary/aromatic N) is 1. The lowest BCUT2D eigenvalue weighted by Gasteiger charge is -2.20. The molecule has 7 heteroatoms. The van der Waals surface area contributed by atoms with Gasteiger partial charge in [0.15, 0.2) is 5.13 Å². The molecule has 29 heavy (non-hydrogen) atoms. The monoisotopic (exact) mass is 469 g/mol. The van der Waals surface area contributed by atoms with Crippen LogP contribution in [0, 0.1) is 6.92 Å². The first-order valence-corrected chi connectivity index (χ1v) is 11.1. The highest BCUT2D eigenvalue weighted by atomic mass is 79.9. The molecule has 1 aliphatic rings. The molecular weight excluding hydrogens is 450 g/mol. The average molecular weight is 470 g/mol. The van der Waals surface area contributed by atoms with Gasteiger partial charge in [-0.3, -0.25) is 14.9 Å². The Morgan fingerprint density at radius 1 is 1.14 bits per heavy atom. The maximum Gasteiger partial charge on any atom is 0.257 e. The van der Waals surface area contributed by atoms with Crippen LogP contribution in [0.2, 0.25) is 0 Å². The second-order valence-electron chi connectivity index (χ2n) is 7.05. The number of benzene rings is 2. The van der Waals surface area contributed by atoms with Crippen LogP contribution in [0.3, 0.4) is 0 Å². The van der Waals surface area contributed by atoms with Gasteiger partial charge in [0.25, 0.3) is 5.91 Å². The van der Waals surface area contributed by atoms with Gasteiger partial charge in [-0.25, -0.2) is 4.98 Å². The van der Waals surface area contributed by atoms with Gasteiger partial charge in [0.1, 0.15) is 0 Å². The minimum absolute atomic E-state index is 0.0566.